The van der Waals surface area contributed by atoms with Gasteiger partial charge in [0.15, 0.2) is 24.2 Å². The summed E-state index contributed by atoms with van der Waals surface area (Å²) in [7, 11) is -3.09. The Bertz CT molecular complexity index is 1450. The maximum Gasteiger partial charge on any atom is 0.347 e. The van der Waals surface area contributed by atoms with E-state index in [1.54, 1.807) is 0 Å². The molecule has 1 aromatic rings. The number of para-hydroxylation sites is 1. The van der Waals surface area contributed by atoms with Crippen LogP contribution in [-0.2, 0) is 34.3 Å². The molecule has 0 saturated carbocycles. The molecule has 1 fully saturated rings. The van der Waals surface area contributed by atoms with Crippen molar-refractivity contribution in [1.29, 1.82) is 0 Å². The summed E-state index contributed by atoms with van der Waals surface area (Å²) in [6.07, 6.45) is 10.8. The lowest BCUT2D eigenvalue weighted by Gasteiger charge is -2.54. The summed E-state index contributed by atoms with van der Waals surface area (Å²) >= 11 is 0. The van der Waals surface area contributed by atoms with E-state index in [2.05, 4.69) is 99.5 Å². The van der Waals surface area contributed by atoms with E-state index in [0.29, 0.717) is 37.9 Å². The van der Waals surface area contributed by atoms with Crippen molar-refractivity contribution in [2.24, 2.45) is 34.5 Å². The van der Waals surface area contributed by atoms with Gasteiger partial charge in [-0.1, -0.05) is 97.9 Å². The van der Waals surface area contributed by atoms with Gasteiger partial charge in [-0.3, -0.25) is 0 Å². The monoisotopic (exact) mass is 752 g/mol. The number of rotatable bonds is 14. The van der Waals surface area contributed by atoms with Gasteiger partial charge in [0.25, 0.3) is 0 Å². The molecule has 9 atom stereocenters. The summed E-state index contributed by atoms with van der Waals surface area (Å²) in [5, 5.41) is 0. The van der Waals surface area contributed by atoms with Gasteiger partial charge in [0.05, 0.1) is 5.60 Å². The summed E-state index contributed by atoms with van der Waals surface area (Å²) in [5.41, 5.74) is 1.38. The Kier molecular flexibility index (Phi) is 14.1. The van der Waals surface area contributed by atoms with Gasteiger partial charge in [0.1, 0.15) is 24.1 Å². The number of benzene rings is 1. The summed E-state index contributed by atoms with van der Waals surface area (Å²) in [6.45, 7) is 30.1. The lowest BCUT2D eigenvalue weighted by molar-refractivity contribution is -0.180. The fraction of sp³-hybridized carbons (Fsp3) is 0.674. The van der Waals surface area contributed by atoms with E-state index in [1.807, 2.05) is 37.3 Å². The molecule has 9 heteroatoms. The van der Waals surface area contributed by atoms with Crippen molar-refractivity contribution in [3.63, 3.8) is 0 Å². The van der Waals surface area contributed by atoms with E-state index in [1.165, 1.54) is 5.57 Å². The van der Waals surface area contributed by atoms with Crippen LogP contribution in [0.15, 0.2) is 60.7 Å². The van der Waals surface area contributed by atoms with Crippen LogP contribution in [0.2, 0.25) is 26.2 Å². The van der Waals surface area contributed by atoms with Gasteiger partial charge in [-0.25, -0.2) is 9.59 Å². The van der Waals surface area contributed by atoms with Crippen molar-refractivity contribution < 1.29 is 32.7 Å². The molecule has 7 nitrogen and oxygen atoms in total. The van der Waals surface area contributed by atoms with Crippen LogP contribution in [0, 0.1) is 34.5 Å². The lowest BCUT2D eigenvalue weighted by atomic mass is 9.59. The summed E-state index contributed by atoms with van der Waals surface area (Å²) in [4.78, 5) is 27.8. The van der Waals surface area contributed by atoms with E-state index in [-0.39, 0.29) is 52.5 Å². The highest BCUT2D eigenvalue weighted by Gasteiger charge is 2.55. The molecule has 0 bridgehead atoms. The Balaban J connectivity index is 1.69. The third-order valence-electron chi connectivity index (χ3n) is 11.3. The first-order chi connectivity index (χ1) is 24.3. The van der Waals surface area contributed by atoms with Crippen LogP contribution in [-0.4, -0.2) is 60.0 Å². The quantitative estimate of drug-likeness (QED) is 0.107. The average Bonchev–Trinajstić information content (AvgIpc) is 3.04. The first-order valence-electron chi connectivity index (χ1n) is 19.8. The van der Waals surface area contributed by atoms with Crippen molar-refractivity contribution in [3.05, 3.63) is 66.3 Å². The van der Waals surface area contributed by atoms with Crippen LogP contribution in [0.25, 0.3) is 0 Å². The molecule has 1 aromatic carbocycles. The van der Waals surface area contributed by atoms with Gasteiger partial charge in [0.2, 0.25) is 0 Å². The van der Waals surface area contributed by atoms with Crippen LogP contribution in [0.3, 0.4) is 0 Å². The summed E-state index contributed by atoms with van der Waals surface area (Å²) in [5.74, 6) is 0.244. The third-order valence-corrected chi connectivity index (χ3v) is 13.1. The number of hydrogen-bond acceptors (Lipinski definition) is 7. The van der Waals surface area contributed by atoms with E-state index in [0.717, 1.165) is 12.0 Å². The Labute approximate surface area is 318 Å². The second kappa shape index (κ2) is 17.3. The highest BCUT2D eigenvalue weighted by atomic mass is 28.3. The summed E-state index contributed by atoms with van der Waals surface area (Å²) < 4.78 is 32.8. The molecule has 2 aliphatic carbocycles. The van der Waals surface area contributed by atoms with Crippen molar-refractivity contribution in [1.82, 2.24) is 0 Å². The largest absolute Gasteiger partial charge is 0.478 e. The van der Waals surface area contributed by atoms with Crippen LogP contribution >= 0.6 is 0 Å². The van der Waals surface area contributed by atoms with Crippen LogP contribution < -0.4 is 4.74 Å². The first kappa shape index (κ1) is 42.3. The molecule has 290 valence electrons. The second-order valence-corrected chi connectivity index (χ2v) is 22.8. The smallest absolute Gasteiger partial charge is 0.347 e. The fourth-order valence-corrected chi connectivity index (χ4v) is 10.8. The maximum absolute atomic E-state index is 14.2. The number of cyclic esters (lactones) is 1. The van der Waals surface area contributed by atoms with Crippen molar-refractivity contribution in [2.75, 3.05) is 0 Å². The number of esters is 2. The molecule has 52 heavy (non-hydrogen) atoms. The van der Waals surface area contributed by atoms with Gasteiger partial charge < -0.3 is 23.1 Å². The van der Waals surface area contributed by atoms with Crippen LogP contribution in [0.5, 0.6) is 5.75 Å². The standard InChI is InChI=1S/C43H68O7Si2/c1-14-18-29-19-16-17-20-35(29)47-34(15-2)39(44)48-36-26-31(41(4,5)6)25-30-22-21-28(3)43(37(30)36,50-52(12)13)24-23-32-27-33(42(7,8)9)38(40(45)46-32)49-51(10)11/h14,16-17,19-22,25,28,31-34,36-38,51-52H,1,15,18,23-24,26-27H2,2-13H3/t28-,31+,32+,33-,34?,36-,37+,38?,43-/m0/s1. The van der Waals surface area contributed by atoms with E-state index in [9.17, 15) is 9.59 Å². The predicted molar refractivity (Wildman–Crippen MR) is 215 cm³/mol. The normalized spacial score (nSPS) is 30.0. The molecule has 4 rings (SSSR count). The minimum absolute atomic E-state index is 0.0319. The third kappa shape index (κ3) is 9.98. The zero-order valence-electron chi connectivity index (χ0n) is 34.2. The Morgan fingerprint density at radius 2 is 1.75 bits per heavy atom. The number of fused-ring (bicyclic) bond motifs is 1. The molecule has 0 aromatic heterocycles. The zero-order valence-corrected chi connectivity index (χ0v) is 36.5. The lowest BCUT2D eigenvalue weighted by Crippen LogP contribution is -2.58. The molecule has 0 N–H and O–H groups in total. The maximum atomic E-state index is 14.2. The number of carbonyl (C=O) groups is 2. The van der Waals surface area contributed by atoms with Gasteiger partial charge >= 0.3 is 11.9 Å². The molecular formula is C43H68O7Si2. The van der Waals surface area contributed by atoms with Gasteiger partial charge in [-0.15, -0.1) is 6.58 Å². The van der Waals surface area contributed by atoms with Crippen molar-refractivity contribution in [2.45, 2.75) is 150 Å². The Hall–Kier alpha value is -2.47. The van der Waals surface area contributed by atoms with E-state index in [4.69, 9.17) is 23.1 Å². The molecule has 0 radical (unpaired) electrons. The number of allylic oxidation sites excluding steroid dienone is 3. The first-order valence-corrected chi connectivity index (χ1v) is 25.4. The highest BCUT2D eigenvalue weighted by molar-refractivity contribution is 6.49. The predicted octanol–water partition coefficient (Wildman–Crippen LogP) is 9.16. The number of hydrogen-bond donors (Lipinski definition) is 0. The topological polar surface area (TPSA) is 80.3 Å². The average molecular weight is 753 g/mol. The van der Waals surface area contributed by atoms with E-state index >= 15 is 0 Å². The van der Waals surface area contributed by atoms with Crippen molar-refractivity contribution >= 4 is 30.0 Å². The molecule has 2 unspecified atom stereocenters. The summed E-state index contributed by atoms with van der Waals surface area (Å²) in [6, 6.07) is 7.81. The van der Waals surface area contributed by atoms with Gasteiger partial charge in [0, 0.05) is 17.8 Å². The van der Waals surface area contributed by atoms with Crippen LogP contribution in [0.4, 0.5) is 0 Å². The van der Waals surface area contributed by atoms with Gasteiger partial charge in [-0.05, 0) is 98.7 Å². The Morgan fingerprint density at radius 1 is 1.06 bits per heavy atom. The fourth-order valence-electron chi connectivity index (χ4n) is 8.53. The van der Waals surface area contributed by atoms with E-state index < -0.39 is 42.0 Å². The van der Waals surface area contributed by atoms with Crippen molar-refractivity contribution in [3.8, 4) is 5.75 Å². The minimum atomic E-state index is -1.62. The second-order valence-electron chi connectivity index (χ2n) is 18.1. The minimum Gasteiger partial charge on any atom is -0.478 e. The zero-order chi connectivity index (χ0) is 38.6. The molecule has 1 heterocycles. The van der Waals surface area contributed by atoms with Gasteiger partial charge in [-0.2, -0.15) is 0 Å². The number of ether oxygens (including phenoxy) is 3. The molecular weight excluding hydrogens is 685 g/mol. The van der Waals surface area contributed by atoms with Crippen LogP contribution in [0.1, 0.15) is 93.1 Å². The SMILES string of the molecule is C=CCc1ccccc1OC(CC)C(=O)O[C@H]1C[C@H](C(C)(C)C)C=C2C=C[C@H](C)[C@](CC[C@@H]3C[C@H](C(C)(C)C)C(O[SiH](C)C)C(=O)O3)(O[SiH](C)C)[C@H]21. The molecule has 0 amide bonds. The molecule has 3 aliphatic rings. The molecule has 0 spiro atoms. The highest BCUT2D eigenvalue weighted by Crippen LogP contribution is 2.53. The molecule has 1 saturated heterocycles. The Morgan fingerprint density at radius 3 is 2.35 bits per heavy atom. The molecule has 1 aliphatic heterocycles. The number of carbonyl (C=O) groups excluding carboxylic acids is 2.